The summed E-state index contributed by atoms with van der Waals surface area (Å²) in [6, 6.07) is 6.82. The molecule has 1 aromatic carbocycles. The summed E-state index contributed by atoms with van der Waals surface area (Å²) < 4.78 is 30.3. The summed E-state index contributed by atoms with van der Waals surface area (Å²) >= 11 is 0. The van der Waals surface area contributed by atoms with Crippen LogP contribution in [0.3, 0.4) is 0 Å². The summed E-state index contributed by atoms with van der Waals surface area (Å²) in [6.07, 6.45) is 3.17. The normalized spacial score (nSPS) is 16.6. The van der Waals surface area contributed by atoms with Crippen LogP contribution in [-0.4, -0.2) is 24.7 Å². The zero-order valence-electron chi connectivity index (χ0n) is 11.4. The number of rotatable bonds is 4. The van der Waals surface area contributed by atoms with Crippen LogP contribution in [0.4, 0.5) is 0 Å². The van der Waals surface area contributed by atoms with E-state index in [9.17, 15) is 18.3 Å². The minimum absolute atomic E-state index is 0.266. The van der Waals surface area contributed by atoms with Gasteiger partial charge in [-0.2, -0.15) is 0 Å². The minimum atomic E-state index is -3.35. The lowest BCUT2D eigenvalue weighted by Crippen LogP contribution is -2.20. The number of carboxylic acids is 1. The molecule has 1 aliphatic carbocycles. The zero-order chi connectivity index (χ0) is 15.0. The van der Waals surface area contributed by atoms with Crippen molar-refractivity contribution < 1.29 is 22.7 Å². The fraction of sp³-hybridized carbons (Fsp3) is 0.400. The fourth-order valence-electron chi connectivity index (χ4n) is 2.98. The lowest BCUT2D eigenvalue weighted by atomic mass is 10.1. The third-order valence-corrected chi connectivity index (χ3v) is 6.23. The van der Waals surface area contributed by atoms with Crippen molar-refractivity contribution in [3.05, 3.63) is 35.6 Å². The van der Waals surface area contributed by atoms with E-state index in [1.54, 1.807) is 24.3 Å². The van der Waals surface area contributed by atoms with Gasteiger partial charge in [-0.15, -0.1) is 0 Å². The van der Waals surface area contributed by atoms with E-state index in [1.165, 1.54) is 0 Å². The molecule has 0 unspecified atom stereocenters. The van der Waals surface area contributed by atoms with Crippen LogP contribution in [0.15, 0.2) is 28.7 Å². The molecule has 0 amide bonds. The van der Waals surface area contributed by atoms with Gasteiger partial charge < -0.3 is 9.52 Å². The quantitative estimate of drug-likeness (QED) is 0.938. The molecule has 1 heterocycles. The van der Waals surface area contributed by atoms with E-state index in [-0.39, 0.29) is 22.3 Å². The number of furan rings is 1. The molecule has 21 heavy (non-hydrogen) atoms. The molecule has 0 saturated heterocycles. The van der Waals surface area contributed by atoms with Gasteiger partial charge in [0.05, 0.1) is 11.0 Å². The number of hydrogen-bond donors (Lipinski definition) is 1. The lowest BCUT2D eigenvalue weighted by molar-refractivity contribution is 0.0664. The van der Waals surface area contributed by atoms with Crippen LogP contribution >= 0.6 is 0 Å². The average Bonchev–Trinajstić information content (AvgIpc) is 3.07. The van der Waals surface area contributed by atoms with Crippen LogP contribution in [0.25, 0.3) is 11.0 Å². The van der Waals surface area contributed by atoms with Gasteiger partial charge >= 0.3 is 5.97 Å². The first-order chi connectivity index (χ1) is 9.99. The zero-order valence-corrected chi connectivity index (χ0v) is 12.2. The Labute approximate surface area is 122 Å². The van der Waals surface area contributed by atoms with Crippen molar-refractivity contribution >= 4 is 26.8 Å². The third-order valence-electron chi connectivity index (χ3n) is 4.05. The highest BCUT2D eigenvalue weighted by atomic mass is 32.2. The highest BCUT2D eigenvalue weighted by molar-refractivity contribution is 7.91. The molecule has 0 bridgehead atoms. The maximum Gasteiger partial charge on any atom is 0.372 e. The summed E-state index contributed by atoms with van der Waals surface area (Å²) in [5.74, 6) is -1.77. The van der Waals surface area contributed by atoms with Crippen LogP contribution in [0.5, 0.6) is 0 Å². The molecule has 6 heteroatoms. The number of fused-ring (bicyclic) bond motifs is 1. The Kier molecular flexibility index (Phi) is 3.49. The first kappa shape index (κ1) is 14.1. The van der Waals surface area contributed by atoms with Crippen molar-refractivity contribution in [2.75, 3.05) is 0 Å². The molecule has 1 N–H and O–H groups in total. The van der Waals surface area contributed by atoms with Crippen molar-refractivity contribution in [1.82, 2.24) is 0 Å². The van der Waals surface area contributed by atoms with Crippen molar-refractivity contribution in [3.63, 3.8) is 0 Å². The Morgan fingerprint density at radius 2 is 1.90 bits per heavy atom. The molecule has 1 fully saturated rings. The summed E-state index contributed by atoms with van der Waals surface area (Å²) in [5, 5.41) is 9.45. The van der Waals surface area contributed by atoms with Gasteiger partial charge in [0.1, 0.15) is 5.58 Å². The maximum atomic E-state index is 12.5. The topological polar surface area (TPSA) is 84.6 Å². The van der Waals surface area contributed by atoms with Crippen molar-refractivity contribution in [2.45, 2.75) is 36.7 Å². The number of sulfone groups is 1. The summed E-state index contributed by atoms with van der Waals surface area (Å²) in [5.41, 5.74) is 0.677. The largest absolute Gasteiger partial charge is 0.475 e. The fourth-order valence-corrected chi connectivity index (χ4v) is 4.96. The molecule has 1 aromatic heterocycles. The Morgan fingerprint density at radius 1 is 1.24 bits per heavy atom. The van der Waals surface area contributed by atoms with E-state index < -0.39 is 15.8 Å². The molecule has 1 aliphatic rings. The van der Waals surface area contributed by atoms with E-state index in [0.717, 1.165) is 12.8 Å². The molecular weight excluding hydrogens is 292 g/mol. The van der Waals surface area contributed by atoms with Crippen LogP contribution in [0.1, 0.15) is 41.8 Å². The third kappa shape index (κ3) is 2.55. The van der Waals surface area contributed by atoms with Gasteiger partial charge in [-0.3, -0.25) is 0 Å². The molecule has 2 aromatic rings. The molecule has 0 spiro atoms. The van der Waals surface area contributed by atoms with E-state index in [1.807, 2.05) is 0 Å². The van der Waals surface area contributed by atoms with Crippen molar-refractivity contribution in [1.29, 1.82) is 0 Å². The summed E-state index contributed by atoms with van der Waals surface area (Å²) in [4.78, 5) is 11.3. The first-order valence-electron chi connectivity index (χ1n) is 6.94. The van der Waals surface area contributed by atoms with Gasteiger partial charge in [0.25, 0.3) is 0 Å². The Balaban J connectivity index is 2.07. The van der Waals surface area contributed by atoms with Gasteiger partial charge in [0.2, 0.25) is 5.76 Å². The minimum Gasteiger partial charge on any atom is -0.475 e. The van der Waals surface area contributed by atoms with Gasteiger partial charge in [0, 0.05) is 10.9 Å². The molecule has 3 rings (SSSR count). The van der Waals surface area contributed by atoms with Gasteiger partial charge in [-0.1, -0.05) is 31.0 Å². The number of carbonyl (C=O) groups is 1. The van der Waals surface area contributed by atoms with Crippen LogP contribution in [0.2, 0.25) is 0 Å². The highest BCUT2D eigenvalue weighted by Crippen LogP contribution is 2.32. The number of para-hydroxylation sites is 1. The van der Waals surface area contributed by atoms with E-state index in [4.69, 9.17) is 4.42 Å². The SMILES string of the molecule is O=C(O)c1oc2ccccc2c1CS(=O)(=O)C1CCCC1. The van der Waals surface area contributed by atoms with Crippen LogP contribution < -0.4 is 0 Å². The second-order valence-electron chi connectivity index (χ2n) is 5.42. The first-order valence-corrected chi connectivity index (χ1v) is 8.66. The molecule has 0 atom stereocenters. The van der Waals surface area contributed by atoms with Gasteiger partial charge in [-0.25, -0.2) is 13.2 Å². The Morgan fingerprint density at radius 3 is 2.57 bits per heavy atom. The maximum absolute atomic E-state index is 12.5. The number of benzene rings is 1. The summed E-state index contributed by atoms with van der Waals surface area (Å²) in [7, 11) is -3.35. The molecule has 0 radical (unpaired) electrons. The Hall–Kier alpha value is -1.82. The van der Waals surface area contributed by atoms with E-state index >= 15 is 0 Å². The number of hydrogen-bond acceptors (Lipinski definition) is 4. The monoisotopic (exact) mass is 308 g/mol. The van der Waals surface area contributed by atoms with Crippen molar-refractivity contribution in [3.8, 4) is 0 Å². The predicted octanol–water partition coefficient (Wildman–Crippen LogP) is 2.99. The Bertz CT molecular complexity index is 781. The van der Waals surface area contributed by atoms with Crippen LogP contribution in [-0.2, 0) is 15.6 Å². The molecule has 5 nitrogen and oxygen atoms in total. The number of aromatic carboxylic acids is 1. The summed E-state index contributed by atoms with van der Waals surface area (Å²) in [6.45, 7) is 0. The molecule has 112 valence electrons. The molecule has 1 saturated carbocycles. The molecule has 0 aliphatic heterocycles. The lowest BCUT2D eigenvalue weighted by Gasteiger charge is -2.10. The van der Waals surface area contributed by atoms with E-state index in [2.05, 4.69) is 0 Å². The van der Waals surface area contributed by atoms with Crippen LogP contribution in [0, 0.1) is 0 Å². The van der Waals surface area contributed by atoms with Gasteiger partial charge in [0.15, 0.2) is 9.84 Å². The van der Waals surface area contributed by atoms with Crippen molar-refractivity contribution in [2.24, 2.45) is 0 Å². The standard InChI is InChI=1S/C15H16O5S/c16-15(17)14-12(11-7-3-4-8-13(11)20-14)9-21(18,19)10-5-1-2-6-10/h3-4,7-8,10H,1-2,5-6,9H2,(H,16,17). The highest BCUT2D eigenvalue weighted by Gasteiger charge is 2.32. The van der Waals surface area contributed by atoms with Gasteiger partial charge in [-0.05, 0) is 18.9 Å². The smallest absolute Gasteiger partial charge is 0.372 e. The predicted molar refractivity (Wildman–Crippen MR) is 78.1 cm³/mol. The van der Waals surface area contributed by atoms with E-state index in [0.29, 0.717) is 23.8 Å². The average molecular weight is 308 g/mol. The molecular formula is C15H16O5S. The second kappa shape index (κ2) is 5.18. The number of carboxylic acid groups (broad SMARTS) is 1. The second-order valence-corrected chi connectivity index (χ2v) is 7.71.